The molecule has 2 aliphatic rings. The molecule has 1 saturated heterocycles. The number of aliphatic carboxylic acids is 1. The second-order valence-corrected chi connectivity index (χ2v) is 6.60. The lowest BCUT2D eigenvalue weighted by Gasteiger charge is -2.35. The molecular formula is C14H23NO4. The van der Waals surface area contributed by atoms with E-state index in [1.54, 1.807) is 20.8 Å². The van der Waals surface area contributed by atoms with Crippen molar-refractivity contribution < 1.29 is 19.4 Å². The van der Waals surface area contributed by atoms with Crippen molar-refractivity contribution in [3.8, 4) is 0 Å². The Labute approximate surface area is 113 Å². The third-order valence-electron chi connectivity index (χ3n) is 4.08. The Kier molecular flexibility index (Phi) is 3.74. The first-order valence-electron chi connectivity index (χ1n) is 7.02. The zero-order valence-corrected chi connectivity index (χ0v) is 11.9. The summed E-state index contributed by atoms with van der Waals surface area (Å²) in [7, 11) is 0. The average Bonchev–Trinajstić information content (AvgIpc) is 2.56. The van der Waals surface area contributed by atoms with E-state index in [4.69, 9.17) is 4.74 Å². The number of nitrogens with zero attached hydrogens (tertiary/aromatic N) is 1. The molecule has 0 bridgehead atoms. The fraction of sp³-hybridized carbons (Fsp3) is 0.857. The lowest BCUT2D eigenvalue weighted by molar-refractivity contribution is -0.144. The Bertz CT molecular complexity index is 370. The van der Waals surface area contributed by atoms with Crippen molar-refractivity contribution in [1.82, 2.24) is 4.90 Å². The highest BCUT2D eigenvalue weighted by Crippen LogP contribution is 2.42. The lowest BCUT2D eigenvalue weighted by atomic mass is 9.73. The minimum Gasteiger partial charge on any atom is -0.480 e. The molecule has 0 aromatic carbocycles. The molecule has 1 amide bonds. The topological polar surface area (TPSA) is 66.8 Å². The van der Waals surface area contributed by atoms with E-state index in [1.165, 1.54) is 11.3 Å². The number of likely N-dealkylation sites (tertiary alicyclic amines) is 1. The van der Waals surface area contributed by atoms with E-state index in [0.717, 1.165) is 19.3 Å². The first kappa shape index (κ1) is 14.2. The smallest absolute Gasteiger partial charge is 0.411 e. The summed E-state index contributed by atoms with van der Waals surface area (Å²) in [6, 6.07) is -0.708. The standard InChI is InChI=1S/C14H23NO4/c1-14(2,3)19-13(18)15-8-7-10(9-5-4-6-9)11(15)12(16)17/h9-11H,4-8H2,1-3H3,(H,16,17)/t10-,11+/m1/s1. The number of hydrogen-bond acceptors (Lipinski definition) is 3. The van der Waals surface area contributed by atoms with Crippen molar-refractivity contribution >= 4 is 12.1 Å². The van der Waals surface area contributed by atoms with Crippen LogP contribution < -0.4 is 0 Å². The van der Waals surface area contributed by atoms with Gasteiger partial charge in [0.2, 0.25) is 0 Å². The van der Waals surface area contributed by atoms with Crippen molar-refractivity contribution in [2.24, 2.45) is 11.8 Å². The minimum absolute atomic E-state index is 0.0961. The summed E-state index contributed by atoms with van der Waals surface area (Å²) in [5.74, 6) is -0.340. The maximum atomic E-state index is 12.1. The van der Waals surface area contributed by atoms with Crippen LogP contribution in [0.3, 0.4) is 0 Å². The number of carboxylic acid groups (broad SMARTS) is 1. The van der Waals surface area contributed by atoms with Crippen LogP contribution in [0, 0.1) is 11.8 Å². The fourth-order valence-corrected chi connectivity index (χ4v) is 3.02. The monoisotopic (exact) mass is 269 g/mol. The number of carbonyl (C=O) groups is 2. The number of carboxylic acids is 1. The van der Waals surface area contributed by atoms with Gasteiger partial charge >= 0.3 is 12.1 Å². The van der Waals surface area contributed by atoms with Crippen LogP contribution >= 0.6 is 0 Å². The highest BCUT2D eigenvalue weighted by Gasteiger charge is 2.47. The first-order valence-corrected chi connectivity index (χ1v) is 7.02. The van der Waals surface area contributed by atoms with E-state index in [9.17, 15) is 14.7 Å². The molecule has 108 valence electrons. The number of rotatable bonds is 2. The van der Waals surface area contributed by atoms with Gasteiger partial charge < -0.3 is 9.84 Å². The maximum absolute atomic E-state index is 12.1. The summed E-state index contributed by atoms with van der Waals surface area (Å²) in [5, 5.41) is 9.42. The molecule has 5 heteroatoms. The van der Waals surface area contributed by atoms with Crippen molar-refractivity contribution in [1.29, 1.82) is 0 Å². The zero-order valence-electron chi connectivity index (χ0n) is 11.9. The third kappa shape index (κ3) is 3.01. The lowest BCUT2D eigenvalue weighted by Crippen LogP contribution is -2.47. The van der Waals surface area contributed by atoms with Gasteiger partial charge in [-0.25, -0.2) is 9.59 Å². The molecule has 1 N–H and O–H groups in total. The maximum Gasteiger partial charge on any atom is 0.411 e. The van der Waals surface area contributed by atoms with Gasteiger partial charge in [0, 0.05) is 6.54 Å². The molecule has 19 heavy (non-hydrogen) atoms. The van der Waals surface area contributed by atoms with E-state index in [1.807, 2.05) is 0 Å². The SMILES string of the molecule is CC(C)(C)OC(=O)N1CC[C@H](C2CCC2)[C@H]1C(=O)O. The summed E-state index contributed by atoms with van der Waals surface area (Å²) in [5.41, 5.74) is -0.589. The second-order valence-electron chi connectivity index (χ2n) is 6.60. The summed E-state index contributed by atoms with van der Waals surface area (Å²) >= 11 is 0. The van der Waals surface area contributed by atoms with E-state index >= 15 is 0 Å². The van der Waals surface area contributed by atoms with Crippen molar-refractivity contribution in [2.45, 2.75) is 58.1 Å². The summed E-state index contributed by atoms with van der Waals surface area (Å²) in [4.78, 5) is 25.0. The molecule has 0 unspecified atom stereocenters. The van der Waals surface area contributed by atoms with Crippen LogP contribution in [0.2, 0.25) is 0 Å². The normalized spacial score (nSPS) is 28.1. The summed E-state index contributed by atoms with van der Waals surface area (Å²) in [6.45, 7) is 5.87. The van der Waals surface area contributed by atoms with Gasteiger partial charge in [0.25, 0.3) is 0 Å². The predicted octanol–water partition coefficient (Wildman–Crippen LogP) is 2.50. The minimum atomic E-state index is -0.903. The molecule has 2 atom stereocenters. The van der Waals surface area contributed by atoms with Gasteiger partial charge in [0.1, 0.15) is 11.6 Å². The van der Waals surface area contributed by atoms with Crippen LogP contribution in [-0.2, 0) is 9.53 Å². The molecule has 0 spiro atoms. The molecule has 1 aliphatic heterocycles. The van der Waals surface area contributed by atoms with Crippen LogP contribution in [0.1, 0.15) is 46.5 Å². The summed E-state index contributed by atoms with van der Waals surface area (Å²) in [6.07, 6.45) is 3.65. The second kappa shape index (κ2) is 5.02. The largest absolute Gasteiger partial charge is 0.480 e. The van der Waals surface area contributed by atoms with E-state index in [0.29, 0.717) is 12.5 Å². The van der Waals surface area contributed by atoms with Crippen LogP contribution in [-0.4, -0.2) is 40.3 Å². The third-order valence-corrected chi connectivity index (χ3v) is 4.08. The molecule has 2 fully saturated rings. The number of ether oxygens (including phenoxy) is 1. The number of amides is 1. The molecule has 0 aromatic heterocycles. The predicted molar refractivity (Wildman–Crippen MR) is 69.8 cm³/mol. The Morgan fingerprint density at radius 3 is 2.26 bits per heavy atom. The summed E-state index contributed by atoms with van der Waals surface area (Å²) < 4.78 is 5.31. The van der Waals surface area contributed by atoms with Gasteiger partial charge in [-0.3, -0.25) is 4.90 Å². The van der Waals surface area contributed by atoms with E-state index in [-0.39, 0.29) is 5.92 Å². The molecule has 0 aromatic rings. The highest BCUT2D eigenvalue weighted by atomic mass is 16.6. The molecular weight excluding hydrogens is 246 g/mol. The number of carbonyl (C=O) groups excluding carboxylic acids is 1. The quantitative estimate of drug-likeness (QED) is 0.836. The van der Waals surface area contributed by atoms with Gasteiger partial charge in [-0.15, -0.1) is 0 Å². The van der Waals surface area contributed by atoms with Gasteiger partial charge in [-0.2, -0.15) is 0 Å². The van der Waals surface area contributed by atoms with Crippen LogP contribution in [0.4, 0.5) is 4.79 Å². The van der Waals surface area contributed by atoms with Crippen LogP contribution in [0.15, 0.2) is 0 Å². The molecule has 1 aliphatic carbocycles. The molecule has 2 rings (SSSR count). The van der Waals surface area contributed by atoms with Gasteiger partial charge in [-0.05, 0) is 39.0 Å². The fourth-order valence-electron chi connectivity index (χ4n) is 3.02. The Morgan fingerprint density at radius 1 is 1.21 bits per heavy atom. The average molecular weight is 269 g/mol. The van der Waals surface area contributed by atoms with Gasteiger partial charge in [0.05, 0.1) is 0 Å². The van der Waals surface area contributed by atoms with Gasteiger partial charge in [-0.1, -0.05) is 19.3 Å². The Morgan fingerprint density at radius 2 is 1.84 bits per heavy atom. The van der Waals surface area contributed by atoms with Crippen molar-refractivity contribution in [3.05, 3.63) is 0 Å². The zero-order chi connectivity index (χ0) is 14.2. The van der Waals surface area contributed by atoms with Crippen molar-refractivity contribution in [2.75, 3.05) is 6.54 Å². The number of hydrogen-bond donors (Lipinski definition) is 1. The molecule has 1 saturated carbocycles. The molecule has 1 heterocycles. The Hall–Kier alpha value is -1.26. The highest BCUT2D eigenvalue weighted by molar-refractivity contribution is 5.81. The molecule has 0 radical (unpaired) electrons. The first-order chi connectivity index (χ1) is 8.79. The van der Waals surface area contributed by atoms with Gasteiger partial charge in [0.15, 0.2) is 0 Å². The van der Waals surface area contributed by atoms with E-state index < -0.39 is 23.7 Å². The van der Waals surface area contributed by atoms with Crippen molar-refractivity contribution in [3.63, 3.8) is 0 Å². The molecule has 5 nitrogen and oxygen atoms in total. The van der Waals surface area contributed by atoms with E-state index in [2.05, 4.69) is 0 Å². The Balaban J connectivity index is 2.07. The van der Waals surface area contributed by atoms with Crippen LogP contribution in [0.5, 0.6) is 0 Å². The van der Waals surface area contributed by atoms with Crippen LogP contribution in [0.25, 0.3) is 0 Å².